The molecule has 1 fully saturated rings. The molecule has 110 valence electrons. The molecule has 0 saturated heterocycles. The predicted molar refractivity (Wildman–Crippen MR) is 71.0 cm³/mol. The van der Waals surface area contributed by atoms with Crippen LogP contribution in [0.25, 0.3) is 0 Å². The molecule has 0 bridgehead atoms. The summed E-state index contributed by atoms with van der Waals surface area (Å²) in [5.74, 6) is -0.244. The van der Waals surface area contributed by atoms with Gasteiger partial charge in [0.05, 0.1) is 0 Å². The molecule has 1 atom stereocenters. The van der Waals surface area contributed by atoms with E-state index in [0.717, 1.165) is 18.9 Å². The van der Waals surface area contributed by atoms with E-state index >= 15 is 0 Å². The normalized spacial score (nSPS) is 15.8. The van der Waals surface area contributed by atoms with Crippen LogP contribution in [0.4, 0.5) is 4.79 Å². The number of amides is 2. The van der Waals surface area contributed by atoms with E-state index in [1.165, 1.54) is 12.8 Å². The lowest BCUT2D eigenvalue weighted by molar-refractivity contribution is -0.139. The second kappa shape index (κ2) is 8.74. The second-order valence-corrected chi connectivity index (χ2v) is 4.95. The summed E-state index contributed by atoms with van der Waals surface area (Å²) in [4.78, 5) is 22.3. The van der Waals surface area contributed by atoms with E-state index < -0.39 is 18.0 Å². The van der Waals surface area contributed by atoms with Crippen molar-refractivity contribution < 1.29 is 19.4 Å². The van der Waals surface area contributed by atoms with E-state index in [4.69, 9.17) is 9.84 Å². The highest BCUT2D eigenvalue weighted by Crippen LogP contribution is 2.28. The van der Waals surface area contributed by atoms with Crippen LogP contribution in [-0.2, 0) is 9.53 Å². The molecule has 0 aromatic rings. The Morgan fingerprint density at radius 3 is 2.74 bits per heavy atom. The Labute approximate surface area is 113 Å². The number of carboxylic acids is 1. The summed E-state index contributed by atoms with van der Waals surface area (Å²) in [6.45, 7) is 3.83. The first kappa shape index (κ1) is 15.8. The summed E-state index contributed by atoms with van der Waals surface area (Å²) in [5, 5.41) is 14.0. The molecular weight excluding hydrogens is 248 g/mol. The number of aliphatic carboxylic acids is 1. The highest BCUT2D eigenvalue weighted by atomic mass is 16.5. The molecule has 1 saturated carbocycles. The zero-order chi connectivity index (χ0) is 14.1. The van der Waals surface area contributed by atoms with Crippen molar-refractivity contribution in [3.63, 3.8) is 0 Å². The number of hydrogen-bond acceptors (Lipinski definition) is 3. The molecule has 0 aliphatic heterocycles. The maximum atomic E-state index is 11.5. The lowest BCUT2D eigenvalue weighted by atomic mass is 10.2. The number of carboxylic acid groups (broad SMARTS) is 1. The number of ether oxygens (including phenoxy) is 1. The quantitative estimate of drug-likeness (QED) is 0.524. The fourth-order valence-electron chi connectivity index (χ4n) is 1.67. The van der Waals surface area contributed by atoms with E-state index in [0.29, 0.717) is 26.0 Å². The van der Waals surface area contributed by atoms with E-state index in [9.17, 15) is 9.59 Å². The number of hydrogen-bond donors (Lipinski definition) is 3. The van der Waals surface area contributed by atoms with Crippen LogP contribution in [0.2, 0.25) is 0 Å². The van der Waals surface area contributed by atoms with Gasteiger partial charge in [-0.2, -0.15) is 0 Å². The molecule has 19 heavy (non-hydrogen) atoms. The number of urea groups is 1. The summed E-state index contributed by atoms with van der Waals surface area (Å²) in [7, 11) is 0. The smallest absolute Gasteiger partial charge is 0.326 e. The largest absolute Gasteiger partial charge is 0.480 e. The molecule has 6 heteroatoms. The van der Waals surface area contributed by atoms with Crippen molar-refractivity contribution in [2.75, 3.05) is 19.8 Å². The summed E-state index contributed by atoms with van der Waals surface area (Å²) < 4.78 is 5.43. The lowest BCUT2D eigenvalue weighted by Gasteiger charge is -2.14. The van der Waals surface area contributed by atoms with E-state index in [-0.39, 0.29) is 0 Å². The Bertz CT molecular complexity index is 292. The number of carbonyl (C=O) groups is 2. The van der Waals surface area contributed by atoms with E-state index in [1.807, 2.05) is 6.92 Å². The Morgan fingerprint density at radius 2 is 2.16 bits per heavy atom. The van der Waals surface area contributed by atoms with Crippen LogP contribution >= 0.6 is 0 Å². The fourth-order valence-corrected chi connectivity index (χ4v) is 1.67. The molecule has 0 aromatic heterocycles. The van der Waals surface area contributed by atoms with Crippen molar-refractivity contribution in [1.82, 2.24) is 10.6 Å². The van der Waals surface area contributed by atoms with Gasteiger partial charge in [-0.3, -0.25) is 0 Å². The monoisotopic (exact) mass is 272 g/mol. The Balaban J connectivity index is 2.00. The third-order valence-corrected chi connectivity index (χ3v) is 2.98. The van der Waals surface area contributed by atoms with Crippen LogP contribution in [0.5, 0.6) is 0 Å². The van der Waals surface area contributed by atoms with Crippen LogP contribution in [-0.4, -0.2) is 42.9 Å². The van der Waals surface area contributed by atoms with Gasteiger partial charge >= 0.3 is 12.0 Å². The topological polar surface area (TPSA) is 87.7 Å². The van der Waals surface area contributed by atoms with E-state index in [1.54, 1.807) is 0 Å². The molecule has 1 rings (SSSR count). The Hall–Kier alpha value is -1.30. The summed E-state index contributed by atoms with van der Waals surface area (Å²) in [6.07, 6.45) is 4.44. The minimum Gasteiger partial charge on any atom is -0.480 e. The third-order valence-electron chi connectivity index (χ3n) is 2.98. The number of carbonyl (C=O) groups excluding carboxylic acids is 1. The highest BCUT2D eigenvalue weighted by Gasteiger charge is 2.21. The van der Waals surface area contributed by atoms with Crippen molar-refractivity contribution in [1.29, 1.82) is 0 Å². The molecular formula is C13H24N2O4. The first-order valence-electron chi connectivity index (χ1n) is 6.98. The minimum absolute atomic E-state index is 0.428. The van der Waals surface area contributed by atoms with Gasteiger partial charge in [0.1, 0.15) is 6.04 Å². The fraction of sp³-hybridized carbons (Fsp3) is 0.846. The minimum atomic E-state index is -0.996. The molecule has 0 radical (unpaired) electrons. The van der Waals surface area contributed by atoms with Crippen LogP contribution in [0.1, 0.15) is 39.0 Å². The van der Waals surface area contributed by atoms with Gasteiger partial charge in [0.15, 0.2) is 0 Å². The van der Waals surface area contributed by atoms with Crippen LogP contribution in [0, 0.1) is 5.92 Å². The lowest BCUT2D eigenvalue weighted by Crippen LogP contribution is -2.46. The number of nitrogens with one attached hydrogen (secondary N) is 2. The van der Waals surface area contributed by atoms with Crippen LogP contribution in [0.15, 0.2) is 0 Å². The standard InChI is InChI=1S/C13H24N2O4/c1-2-4-11(12(16)17)15-13(18)14-7-3-8-19-9-10-5-6-10/h10-11H,2-9H2,1H3,(H,16,17)(H2,14,15,18). The second-order valence-electron chi connectivity index (χ2n) is 4.95. The molecule has 0 heterocycles. The van der Waals surface area contributed by atoms with Gasteiger partial charge in [0, 0.05) is 19.8 Å². The highest BCUT2D eigenvalue weighted by molar-refractivity contribution is 5.82. The maximum absolute atomic E-state index is 11.5. The van der Waals surface area contributed by atoms with Gasteiger partial charge in [-0.1, -0.05) is 13.3 Å². The summed E-state index contributed by atoms with van der Waals surface area (Å²) >= 11 is 0. The zero-order valence-corrected chi connectivity index (χ0v) is 11.5. The Kier molecular flexibility index (Phi) is 7.25. The first-order valence-corrected chi connectivity index (χ1v) is 6.98. The molecule has 3 N–H and O–H groups in total. The van der Waals surface area contributed by atoms with Gasteiger partial charge in [-0.15, -0.1) is 0 Å². The van der Waals surface area contributed by atoms with Crippen molar-refractivity contribution in [2.24, 2.45) is 5.92 Å². The average molecular weight is 272 g/mol. The van der Waals surface area contributed by atoms with Crippen molar-refractivity contribution in [3.8, 4) is 0 Å². The van der Waals surface area contributed by atoms with Crippen LogP contribution < -0.4 is 10.6 Å². The summed E-state index contributed by atoms with van der Waals surface area (Å²) in [6, 6.07) is -1.24. The van der Waals surface area contributed by atoms with Crippen molar-refractivity contribution in [3.05, 3.63) is 0 Å². The van der Waals surface area contributed by atoms with Gasteiger partial charge in [0.25, 0.3) is 0 Å². The van der Waals surface area contributed by atoms with Gasteiger partial charge in [-0.05, 0) is 31.6 Å². The van der Waals surface area contributed by atoms with Gasteiger partial charge < -0.3 is 20.5 Å². The summed E-state index contributed by atoms with van der Waals surface area (Å²) in [5.41, 5.74) is 0. The number of rotatable bonds is 10. The SMILES string of the molecule is CCCC(NC(=O)NCCCOCC1CC1)C(=O)O. The molecule has 0 spiro atoms. The molecule has 1 aliphatic carbocycles. The van der Waals surface area contributed by atoms with Gasteiger partial charge in [0.2, 0.25) is 0 Å². The molecule has 0 aromatic carbocycles. The molecule has 1 unspecified atom stereocenters. The van der Waals surface area contributed by atoms with Gasteiger partial charge in [-0.25, -0.2) is 9.59 Å². The molecule has 1 aliphatic rings. The van der Waals surface area contributed by atoms with Crippen molar-refractivity contribution in [2.45, 2.75) is 45.1 Å². The van der Waals surface area contributed by atoms with Crippen LogP contribution in [0.3, 0.4) is 0 Å². The van der Waals surface area contributed by atoms with Crippen molar-refractivity contribution >= 4 is 12.0 Å². The third kappa shape index (κ3) is 7.66. The van der Waals surface area contributed by atoms with E-state index in [2.05, 4.69) is 10.6 Å². The zero-order valence-electron chi connectivity index (χ0n) is 11.5. The average Bonchev–Trinajstić information content (AvgIpc) is 3.17. The molecule has 6 nitrogen and oxygen atoms in total. The Morgan fingerprint density at radius 1 is 1.42 bits per heavy atom. The predicted octanol–water partition coefficient (Wildman–Crippen LogP) is 1.36. The molecule has 2 amide bonds. The maximum Gasteiger partial charge on any atom is 0.326 e. The first-order chi connectivity index (χ1) is 9.13.